The molecule has 0 N–H and O–H groups in total. The Morgan fingerprint density at radius 3 is 2.24 bits per heavy atom. The van der Waals surface area contributed by atoms with Crippen molar-refractivity contribution in [1.82, 2.24) is 14.7 Å². The number of piperidine rings is 1. The number of benzene rings is 2. The molecule has 0 atom stereocenters. The SMILES string of the molecule is COc1ccc(CN2CCN(C(C)=O)CC2)cc1OC1CCN(C(=O)Cc2cccc(C(F)(F)F)c2)CC1. The monoisotopic (exact) mass is 533 g/mol. The molecule has 2 heterocycles. The van der Waals surface area contributed by atoms with Crippen LogP contribution >= 0.6 is 0 Å². The van der Waals surface area contributed by atoms with Gasteiger partial charge in [0.15, 0.2) is 11.5 Å². The number of hydrogen-bond acceptors (Lipinski definition) is 5. The van der Waals surface area contributed by atoms with E-state index in [1.165, 1.54) is 6.07 Å². The van der Waals surface area contributed by atoms with E-state index in [1.54, 1.807) is 25.0 Å². The summed E-state index contributed by atoms with van der Waals surface area (Å²) in [4.78, 5) is 30.2. The Morgan fingerprint density at radius 1 is 0.895 bits per heavy atom. The van der Waals surface area contributed by atoms with Gasteiger partial charge >= 0.3 is 6.18 Å². The van der Waals surface area contributed by atoms with E-state index >= 15 is 0 Å². The van der Waals surface area contributed by atoms with E-state index < -0.39 is 11.7 Å². The zero-order chi connectivity index (χ0) is 27.3. The molecular weight excluding hydrogens is 499 g/mol. The van der Waals surface area contributed by atoms with Gasteiger partial charge in [0.05, 0.1) is 19.1 Å². The number of likely N-dealkylation sites (tertiary alicyclic amines) is 1. The van der Waals surface area contributed by atoms with E-state index in [0.29, 0.717) is 43.0 Å². The minimum atomic E-state index is -4.43. The van der Waals surface area contributed by atoms with Crippen molar-refractivity contribution in [3.63, 3.8) is 0 Å². The Balaban J connectivity index is 1.30. The van der Waals surface area contributed by atoms with E-state index in [0.717, 1.165) is 50.4 Å². The van der Waals surface area contributed by atoms with Crippen molar-refractivity contribution in [3.05, 3.63) is 59.2 Å². The second kappa shape index (κ2) is 12.1. The number of amides is 2. The van der Waals surface area contributed by atoms with Crippen LogP contribution in [0.15, 0.2) is 42.5 Å². The summed E-state index contributed by atoms with van der Waals surface area (Å²) in [6.45, 7) is 6.37. The Hall–Kier alpha value is -3.27. The smallest absolute Gasteiger partial charge is 0.416 e. The van der Waals surface area contributed by atoms with Gasteiger partial charge in [-0.05, 0) is 29.3 Å². The van der Waals surface area contributed by atoms with Crippen molar-refractivity contribution in [3.8, 4) is 11.5 Å². The summed E-state index contributed by atoms with van der Waals surface area (Å²) in [5.74, 6) is 1.21. The fraction of sp³-hybridized carbons (Fsp3) is 0.500. The van der Waals surface area contributed by atoms with Crippen LogP contribution in [-0.4, -0.2) is 79.0 Å². The molecule has 0 unspecified atom stereocenters. The van der Waals surface area contributed by atoms with Crippen LogP contribution in [0.1, 0.15) is 36.5 Å². The Morgan fingerprint density at radius 2 is 1.61 bits per heavy atom. The number of hydrogen-bond donors (Lipinski definition) is 0. The lowest BCUT2D eigenvalue weighted by Crippen LogP contribution is -2.47. The summed E-state index contributed by atoms with van der Waals surface area (Å²) < 4.78 is 50.8. The summed E-state index contributed by atoms with van der Waals surface area (Å²) in [5, 5.41) is 0. The standard InChI is InChI=1S/C28H34F3N3O4/c1-20(35)33-14-12-32(13-15-33)19-22-6-7-25(37-2)26(17-22)38-24-8-10-34(11-9-24)27(36)18-21-4-3-5-23(16-21)28(29,30)31/h3-7,16-17,24H,8-15,18-19H2,1-2H3. The van der Waals surface area contributed by atoms with E-state index in [-0.39, 0.29) is 24.3 Å². The van der Waals surface area contributed by atoms with Crippen molar-refractivity contribution in [2.24, 2.45) is 0 Å². The first kappa shape index (κ1) is 27.8. The van der Waals surface area contributed by atoms with Gasteiger partial charge in [0.25, 0.3) is 0 Å². The van der Waals surface area contributed by atoms with Gasteiger partial charge in [0.2, 0.25) is 11.8 Å². The summed E-state index contributed by atoms with van der Waals surface area (Å²) in [7, 11) is 1.60. The zero-order valence-electron chi connectivity index (χ0n) is 21.8. The highest BCUT2D eigenvalue weighted by atomic mass is 19.4. The van der Waals surface area contributed by atoms with Crippen LogP contribution in [0.2, 0.25) is 0 Å². The first-order chi connectivity index (χ1) is 18.1. The number of halogens is 3. The van der Waals surface area contributed by atoms with Crippen LogP contribution < -0.4 is 9.47 Å². The molecular formula is C28H34F3N3O4. The van der Waals surface area contributed by atoms with Gasteiger partial charge in [-0.3, -0.25) is 14.5 Å². The third-order valence-corrected chi connectivity index (χ3v) is 7.15. The summed E-state index contributed by atoms with van der Waals surface area (Å²) >= 11 is 0. The van der Waals surface area contributed by atoms with Crippen molar-refractivity contribution >= 4 is 11.8 Å². The van der Waals surface area contributed by atoms with Crippen LogP contribution in [0.25, 0.3) is 0 Å². The quantitative estimate of drug-likeness (QED) is 0.539. The van der Waals surface area contributed by atoms with Gasteiger partial charge in [-0.1, -0.05) is 24.3 Å². The number of nitrogens with zero attached hydrogens (tertiary/aromatic N) is 3. The predicted octanol–water partition coefficient (Wildman–Crippen LogP) is 3.99. The Kier molecular flexibility index (Phi) is 8.81. The third kappa shape index (κ3) is 7.18. The summed E-state index contributed by atoms with van der Waals surface area (Å²) in [6, 6.07) is 10.8. The molecule has 206 valence electrons. The molecule has 0 saturated carbocycles. The molecule has 38 heavy (non-hydrogen) atoms. The Labute approximate surface area is 221 Å². The number of methoxy groups -OCH3 is 1. The summed E-state index contributed by atoms with van der Waals surface area (Å²) in [6.07, 6.45) is -3.36. The van der Waals surface area contributed by atoms with Crippen LogP contribution in [0, 0.1) is 0 Å². The molecule has 0 aliphatic carbocycles. The lowest BCUT2D eigenvalue weighted by atomic mass is 10.0. The lowest BCUT2D eigenvalue weighted by molar-refractivity contribution is -0.138. The molecule has 2 aromatic rings. The number of carbonyl (C=O) groups excluding carboxylic acids is 2. The maximum Gasteiger partial charge on any atom is 0.416 e. The molecule has 7 nitrogen and oxygen atoms in total. The van der Waals surface area contributed by atoms with Gasteiger partial charge in [0.1, 0.15) is 6.10 Å². The molecule has 4 rings (SSSR count). The maximum atomic E-state index is 13.0. The second-order valence-electron chi connectivity index (χ2n) is 9.84. The van der Waals surface area contributed by atoms with E-state index in [2.05, 4.69) is 4.90 Å². The van der Waals surface area contributed by atoms with Crippen LogP contribution in [0.5, 0.6) is 11.5 Å². The van der Waals surface area contributed by atoms with Crippen molar-refractivity contribution in [1.29, 1.82) is 0 Å². The number of ether oxygens (including phenoxy) is 2. The number of piperazine rings is 1. The average Bonchev–Trinajstić information content (AvgIpc) is 2.89. The lowest BCUT2D eigenvalue weighted by Gasteiger charge is -2.34. The van der Waals surface area contributed by atoms with E-state index in [9.17, 15) is 22.8 Å². The van der Waals surface area contributed by atoms with Gasteiger partial charge < -0.3 is 19.3 Å². The van der Waals surface area contributed by atoms with E-state index in [1.807, 2.05) is 23.1 Å². The number of carbonyl (C=O) groups is 2. The molecule has 2 aliphatic heterocycles. The topological polar surface area (TPSA) is 62.3 Å². The van der Waals surface area contributed by atoms with E-state index in [4.69, 9.17) is 9.47 Å². The fourth-order valence-corrected chi connectivity index (χ4v) is 4.94. The maximum absolute atomic E-state index is 13.0. The highest BCUT2D eigenvalue weighted by Crippen LogP contribution is 2.32. The largest absolute Gasteiger partial charge is 0.493 e. The molecule has 10 heteroatoms. The van der Waals surface area contributed by atoms with Gasteiger partial charge in [-0.15, -0.1) is 0 Å². The van der Waals surface area contributed by atoms with Crippen molar-refractivity contribution in [2.45, 2.75) is 45.0 Å². The predicted molar refractivity (Wildman–Crippen MR) is 136 cm³/mol. The molecule has 2 amide bonds. The fourth-order valence-electron chi connectivity index (χ4n) is 4.94. The molecule has 0 spiro atoms. The minimum absolute atomic E-state index is 0.0635. The first-order valence-electron chi connectivity index (χ1n) is 12.9. The highest BCUT2D eigenvalue weighted by Gasteiger charge is 2.31. The second-order valence-corrected chi connectivity index (χ2v) is 9.84. The number of rotatable bonds is 7. The molecule has 2 aromatic carbocycles. The molecule has 0 bridgehead atoms. The zero-order valence-corrected chi connectivity index (χ0v) is 21.8. The molecule has 2 fully saturated rings. The third-order valence-electron chi connectivity index (χ3n) is 7.15. The van der Waals surface area contributed by atoms with Gasteiger partial charge in [-0.2, -0.15) is 13.2 Å². The minimum Gasteiger partial charge on any atom is -0.493 e. The van der Waals surface area contributed by atoms with Crippen molar-refractivity contribution in [2.75, 3.05) is 46.4 Å². The number of alkyl halides is 3. The van der Waals surface area contributed by atoms with Crippen LogP contribution in [-0.2, 0) is 28.7 Å². The average molecular weight is 534 g/mol. The highest BCUT2D eigenvalue weighted by molar-refractivity contribution is 5.79. The normalized spacial score (nSPS) is 17.4. The summed E-state index contributed by atoms with van der Waals surface area (Å²) in [5.41, 5.74) is 0.697. The van der Waals surface area contributed by atoms with Gasteiger partial charge in [-0.25, -0.2) is 0 Å². The molecule has 0 radical (unpaired) electrons. The Bertz CT molecular complexity index is 1120. The molecule has 2 saturated heterocycles. The van der Waals surface area contributed by atoms with Crippen molar-refractivity contribution < 1.29 is 32.2 Å². The van der Waals surface area contributed by atoms with Crippen LogP contribution in [0.4, 0.5) is 13.2 Å². The van der Waals surface area contributed by atoms with Crippen LogP contribution in [0.3, 0.4) is 0 Å². The first-order valence-corrected chi connectivity index (χ1v) is 12.9. The molecule has 0 aromatic heterocycles. The molecule has 2 aliphatic rings. The van der Waals surface area contributed by atoms with Gasteiger partial charge in [0, 0.05) is 65.6 Å².